The zero-order valence-electron chi connectivity index (χ0n) is 16.5. The van der Waals surface area contributed by atoms with E-state index in [9.17, 15) is 9.59 Å². The second-order valence-electron chi connectivity index (χ2n) is 7.47. The Morgan fingerprint density at radius 1 is 1.03 bits per heavy atom. The van der Waals surface area contributed by atoms with Crippen LogP contribution in [-0.2, 0) is 19.5 Å². The molecule has 1 aromatic carbocycles. The van der Waals surface area contributed by atoms with Crippen LogP contribution in [0.5, 0.6) is 0 Å². The van der Waals surface area contributed by atoms with E-state index in [0.29, 0.717) is 17.8 Å². The number of piperidine rings is 1. The lowest BCUT2D eigenvalue weighted by atomic mass is 10.1. The lowest BCUT2D eigenvalue weighted by Crippen LogP contribution is -2.35. The molecule has 156 valence electrons. The van der Waals surface area contributed by atoms with Crippen molar-refractivity contribution in [1.82, 2.24) is 25.1 Å². The molecule has 0 aliphatic carbocycles. The Morgan fingerprint density at radius 3 is 2.55 bits per heavy atom. The van der Waals surface area contributed by atoms with Crippen molar-refractivity contribution in [2.45, 2.75) is 38.8 Å². The number of likely N-dealkylation sites (tertiary alicyclic amines) is 1. The standard InChI is InChI=1S/C21H27N5O2.ClH/c27-20(18-15-26-13-10-22-9-8-19(26)24-18)23-14-16-4-6-17(7-5-16)21(28)25-11-2-1-3-12-25;/h4-7,15,22H,1-3,8-14H2,(H,23,27);1H. The number of amides is 2. The quantitative estimate of drug-likeness (QED) is 0.797. The Kier molecular flexibility index (Phi) is 7.28. The molecular weight excluding hydrogens is 390 g/mol. The highest BCUT2D eigenvalue weighted by molar-refractivity contribution is 5.94. The zero-order chi connectivity index (χ0) is 19.3. The van der Waals surface area contributed by atoms with Crippen molar-refractivity contribution in [2.75, 3.05) is 26.2 Å². The van der Waals surface area contributed by atoms with Crippen LogP contribution in [0.25, 0.3) is 0 Å². The molecular formula is C21H28ClN5O2. The third-order valence-electron chi connectivity index (χ3n) is 5.44. The third kappa shape index (κ3) is 5.16. The summed E-state index contributed by atoms with van der Waals surface area (Å²) in [6, 6.07) is 7.52. The summed E-state index contributed by atoms with van der Waals surface area (Å²) in [5.41, 5.74) is 2.14. The van der Waals surface area contributed by atoms with E-state index >= 15 is 0 Å². The molecule has 3 heterocycles. The highest BCUT2D eigenvalue weighted by Crippen LogP contribution is 2.14. The summed E-state index contributed by atoms with van der Waals surface area (Å²) in [6.07, 6.45) is 6.05. The minimum atomic E-state index is -0.165. The van der Waals surface area contributed by atoms with Gasteiger partial charge in [-0.25, -0.2) is 4.98 Å². The molecule has 1 aromatic heterocycles. The van der Waals surface area contributed by atoms with Gasteiger partial charge >= 0.3 is 0 Å². The molecule has 2 aliphatic heterocycles. The van der Waals surface area contributed by atoms with Gasteiger partial charge in [-0.15, -0.1) is 12.4 Å². The summed E-state index contributed by atoms with van der Waals surface area (Å²) < 4.78 is 2.05. The Morgan fingerprint density at radius 2 is 1.79 bits per heavy atom. The number of hydrogen-bond donors (Lipinski definition) is 2. The van der Waals surface area contributed by atoms with Crippen LogP contribution in [0.2, 0.25) is 0 Å². The molecule has 0 saturated carbocycles. The molecule has 0 radical (unpaired) electrons. The maximum atomic E-state index is 12.5. The number of carbonyl (C=O) groups excluding carboxylic acids is 2. The van der Waals surface area contributed by atoms with Crippen LogP contribution in [0, 0.1) is 0 Å². The average molecular weight is 418 g/mol. The van der Waals surface area contributed by atoms with Crippen LogP contribution < -0.4 is 10.6 Å². The maximum absolute atomic E-state index is 12.5. The predicted octanol–water partition coefficient (Wildman–Crippen LogP) is 2.01. The van der Waals surface area contributed by atoms with Gasteiger partial charge in [0.05, 0.1) is 0 Å². The van der Waals surface area contributed by atoms with Crippen LogP contribution in [0.1, 0.15) is 51.5 Å². The maximum Gasteiger partial charge on any atom is 0.271 e. The molecule has 8 heteroatoms. The number of nitrogens with one attached hydrogen (secondary N) is 2. The van der Waals surface area contributed by atoms with Crippen LogP contribution in [-0.4, -0.2) is 52.4 Å². The molecule has 0 atom stereocenters. The number of imidazole rings is 1. The molecule has 1 fully saturated rings. The number of benzene rings is 1. The van der Waals surface area contributed by atoms with Gasteiger partial charge in [-0.1, -0.05) is 12.1 Å². The van der Waals surface area contributed by atoms with Crippen LogP contribution in [0.15, 0.2) is 30.5 Å². The van der Waals surface area contributed by atoms with E-state index in [1.54, 1.807) is 0 Å². The smallest absolute Gasteiger partial charge is 0.271 e. The van der Waals surface area contributed by atoms with E-state index in [2.05, 4.69) is 20.2 Å². The molecule has 2 amide bonds. The van der Waals surface area contributed by atoms with Crippen molar-refractivity contribution in [3.05, 3.63) is 53.1 Å². The highest BCUT2D eigenvalue weighted by atomic mass is 35.5. The first-order valence-electron chi connectivity index (χ1n) is 10.1. The number of rotatable bonds is 4. The van der Waals surface area contributed by atoms with E-state index in [0.717, 1.165) is 63.4 Å². The summed E-state index contributed by atoms with van der Waals surface area (Å²) in [5, 5.41) is 6.25. The lowest BCUT2D eigenvalue weighted by Gasteiger charge is -2.26. The minimum Gasteiger partial charge on any atom is -0.347 e. The first-order valence-corrected chi connectivity index (χ1v) is 10.1. The van der Waals surface area contributed by atoms with Gasteiger partial charge in [0, 0.05) is 57.4 Å². The molecule has 4 rings (SSSR count). The molecule has 0 spiro atoms. The van der Waals surface area contributed by atoms with Gasteiger partial charge in [-0.2, -0.15) is 0 Å². The van der Waals surface area contributed by atoms with Gasteiger partial charge < -0.3 is 20.1 Å². The monoisotopic (exact) mass is 417 g/mol. The summed E-state index contributed by atoms with van der Waals surface area (Å²) in [5.74, 6) is 0.891. The van der Waals surface area contributed by atoms with Gasteiger partial charge in [-0.3, -0.25) is 9.59 Å². The molecule has 0 bridgehead atoms. The molecule has 2 N–H and O–H groups in total. The highest BCUT2D eigenvalue weighted by Gasteiger charge is 2.18. The van der Waals surface area contributed by atoms with Gasteiger partial charge in [0.15, 0.2) is 0 Å². The first kappa shape index (κ1) is 21.3. The van der Waals surface area contributed by atoms with Gasteiger partial charge in [0.2, 0.25) is 0 Å². The second kappa shape index (κ2) is 9.89. The fraction of sp³-hybridized carbons (Fsp3) is 0.476. The molecule has 29 heavy (non-hydrogen) atoms. The second-order valence-corrected chi connectivity index (χ2v) is 7.47. The van der Waals surface area contributed by atoms with Crippen molar-refractivity contribution in [3.8, 4) is 0 Å². The fourth-order valence-corrected chi connectivity index (χ4v) is 3.80. The number of hydrogen-bond acceptors (Lipinski definition) is 4. The van der Waals surface area contributed by atoms with E-state index in [1.807, 2.05) is 35.4 Å². The number of halogens is 1. The van der Waals surface area contributed by atoms with Crippen molar-refractivity contribution < 1.29 is 9.59 Å². The van der Waals surface area contributed by atoms with Crippen LogP contribution >= 0.6 is 12.4 Å². The number of aromatic nitrogens is 2. The number of carbonyl (C=O) groups is 2. The van der Waals surface area contributed by atoms with Crippen molar-refractivity contribution in [3.63, 3.8) is 0 Å². The topological polar surface area (TPSA) is 79.3 Å². The normalized spacial score (nSPS) is 16.3. The minimum absolute atomic E-state index is 0. The van der Waals surface area contributed by atoms with E-state index in [-0.39, 0.29) is 24.2 Å². The molecule has 2 aromatic rings. The van der Waals surface area contributed by atoms with Crippen LogP contribution in [0.4, 0.5) is 0 Å². The summed E-state index contributed by atoms with van der Waals surface area (Å²) in [7, 11) is 0. The van der Waals surface area contributed by atoms with E-state index in [4.69, 9.17) is 0 Å². The largest absolute Gasteiger partial charge is 0.347 e. The summed E-state index contributed by atoms with van der Waals surface area (Å²) >= 11 is 0. The average Bonchev–Trinajstić information content (AvgIpc) is 3.03. The lowest BCUT2D eigenvalue weighted by molar-refractivity contribution is 0.0724. The molecule has 2 aliphatic rings. The Bertz CT molecular complexity index is 820. The third-order valence-corrected chi connectivity index (χ3v) is 5.44. The first-order chi connectivity index (χ1) is 13.7. The molecule has 0 unspecified atom stereocenters. The summed E-state index contributed by atoms with van der Waals surface area (Å²) in [6.45, 7) is 4.74. The zero-order valence-corrected chi connectivity index (χ0v) is 17.3. The predicted molar refractivity (Wildman–Crippen MR) is 113 cm³/mol. The van der Waals surface area contributed by atoms with Gasteiger partial charge in [0.1, 0.15) is 11.5 Å². The van der Waals surface area contributed by atoms with Crippen molar-refractivity contribution in [2.24, 2.45) is 0 Å². The number of nitrogens with zero attached hydrogens (tertiary/aromatic N) is 3. The Balaban J connectivity index is 0.00000240. The Labute approximate surface area is 177 Å². The van der Waals surface area contributed by atoms with Crippen LogP contribution in [0.3, 0.4) is 0 Å². The molecule has 1 saturated heterocycles. The van der Waals surface area contributed by atoms with Gasteiger partial charge in [0.25, 0.3) is 11.8 Å². The fourth-order valence-electron chi connectivity index (χ4n) is 3.80. The number of fused-ring (bicyclic) bond motifs is 1. The Hall–Kier alpha value is -2.38. The molecule has 7 nitrogen and oxygen atoms in total. The van der Waals surface area contributed by atoms with E-state index in [1.165, 1.54) is 6.42 Å². The van der Waals surface area contributed by atoms with Gasteiger partial charge in [-0.05, 0) is 37.0 Å². The summed E-state index contributed by atoms with van der Waals surface area (Å²) in [4.78, 5) is 31.4. The van der Waals surface area contributed by atoms with Crippen molar-refractivity contribution in [1.29, 1.82) is 0 Å². The van der Waals surface area contributed by atoms with E-state index < -0.39 is 0 Å². The van der Waals surface area contributed by atoms with Crippen molar-refractivity contribution >= 4 is 24.2 Å². The SMILES string of the molecule is Cl.O=C(NCc1ccc(C(=O)N2CCCCC2)cc1)c1cn2c(n1)CCNCC2.